The van der Waals surface area contributed by atoms with Crippen molar-refractivity contribution in [3.8, 4) is 0 Å². The van der Waals surface area contributed by atoms with Crippen LogP contribution in [0.4, 0.5) is 5.69 Å². The number of benzene rings is 1. The number of thioether (sulfide) groups is 1. The quantitative estimate of drug-likeness (QED) is 0.218. The molecule has 3 aliphatic heterocycles. The van der Waals surface area contributed by atoms with E-state index in [0.717, 1.165) is 6.42 Å². The average Bonchev–Trinajstić information content (AvgIpc) is 3.49. The fourth-order valence-electron chi connectivity index (χ4n) is 6.73. The number of hydrogen-bond acceptors (Lipinski definition) is 6. The van der Waals surface area contributed by atoms with Gasteiger partial charge in [-0.1, -0.05) is 44.0 Å². The SMILES string of the molecule is C=CCCOC(=O)[C@@H]1[C@H]2C(=O)N([C@@H](CO)[C@@H](C)CC)C(C(=O)N(CC=C)c3ccc(Cl)cc3)C23CC[C@@]1(C)S3. The minimum atomic E-state index is -0.852. The van der Waals surface area contributed by atoms with Crippen molar-refractivity contribution in [3.05, 3.63) is 54.6 Å². The molecule has 212 valence electrons. The fraction of sp³-hybridized carbons (Fsp3) is 0.567. The van der Waals surface area contributed by atoms with Crippen LogP contribution in [0.15, 0.2) is 49.6 Å². The van der Waals surface area contributed by atoms with E-state index >= 15 is 0 Å². The van der Waals surface area contributed by atoms with E-state index in [9.17, 15) is 19.5 Å². The first-order valence-electron chi connectivity index (χ1n) is 13.7. The second-order valence-electron chi connectivity index (χ2n) is 11.1. The van der Waals surface area contributed by atoms with Crippen LogP contribution in [0.3, 0.4) is 0 Å². The highest BCUT2D eigenvalue weighted by atomic mass is 35.5. The third kappa shape index (κ3) is 4.93. The number of fused-ring (bicyclic) bond motifs is 1. The Morgan fingerprint density at radius 3 is 2.56 bits per heavy atom. The van der Waals surface area contributed by atoms with E-state index in [1.165, 1.54) is 0 Å². The van der Waals surface area contributed by atoms with Crippen LogP contribution in [0.5, 0.6) is 0 Å². The number of aliphatic hydroxyl groups is 1. The lowest BCUT2D eigenvalue weighted by atomic mass is 9.66. The highest BCUT2D eigenvalue weighted by Gasteiger charge is 2.78. The van der Waals surface area contributed by atoms with Crippen molar-refractivity contribution >= 4 is 46.8 Å². The molecule has 4 rings (SSSR count). The summed E-state index contributed by atoms with van der Waals surface area (Å²) in [5.41, 5.74) is 0.643. The Balaban J connectivity index is 1.83. The van der Waals surface area contributed by atoms with Gasteiger partial charge in [0.2, 0.25) is 5.91 Å². The molecule has 0 aliphatic carbocycles. The standard InChI is InChI=1S/C30H39ClN2O5S/c1-6-9-17-38-28(37)24-23-26(35)33(22(18-34)19(4)8-3)25(30(23)15-14-29(24,5)39-30)27(36)32(16-7-2)21-12-10-20(31)11-13-21/h6-7,10-13,19,22-25,34H,1-2,8-9,14-18H2,3-5H3/t19-,22-,23-,24-,25?,29+,30?/m0/s1. The molecule has 1 spiro atoms. The number of anilines is 1. The molecule has 3 aliphatic rings. The Bertz CT molecular complexity index is 1130. The first kappa shape index (κ1) is 29.7. The Hall–Kier alpha value is -2.29. The molecule has 7 atom stereocenters. The van der Waals surface area contributed by atoms with Gasteiger partial charge in [0.05, 0.1) is 35.8 Å². The van der Waals surface area contributed by atoms with E-state index in [0.29, 0.717) is 30.0 Å². The predicted octanol–water partition coefficient (Wildman–Crippen LogP) is 4.87. The second kappa shape index (κ2) is 11.7. The van der Waals surface area contributed by atoms with E-state index < -0.39 is 39.4 Å². The molecule has 1 N–H and O–H groups in total. The number of hydrogen-bond donors (Lipinski definition) is 1. The zero-order valence-corrected chi connectivity index (χ0v) is 24.5. The van der Waals surface area contributed by atoms with Crippen molar-refractivity contribution in [1.29, 1.82) is 0 Å². The van der Waals surface area contributed by atoms with Crippen LogP contribution in [0, 0.1) is 17.8 Å². The third-order valence-corrected chi connectivity index (χ3v) is 11.1. The van der Waals surface area contributed by atoms with E-state index in [1.807, 2.05) is 20.8 Å². The third-order valence-electron chi connectivity index (χ3n) is 8.83. The van der Waals surface area contributed by atoms with Gasteiger partial charge in [-0.15, -0.1) is 24.9 Å². The molecule has 1 aromatic rings. The average molecular weight is 575 g/mol. The zero-order valence-electron chi connectivity index (χ0n) is 23.0. The molecule has 9 heteroatoms. The van der Waals surface area contributed by atoms with Gasteiger partial charge < -0.3 is 19.6 Å². The second-order valence-corrected chi connectivity index (χ2v) is 13.4. The summed E-state index contributed by atoms with van der Waals surface area (Å²) in [7, 11) is 0. The number of ether oxygens (including phenoxy) is 1. The largest absolute Gasteiger partial charge is 0.465 e. The van der Waals surface area contributed by atoms with Crippen LogP contribution >= 0.6 is 23.4 Å². The van der Waals surface area contributed by atoms with E-state index in [4.69, 9.17) is 16.3 Å². The molecule has 39 heavy (non-hydrogen) atoms. The smallest absolute Gasteiger partial charge is 0.311 e. The number of nitrogens with zero attached hydrogens (tertiary/aromatic N) is 2. The zero-order chi connectivity index (χ0) is 28.5. The van der Waals surface area contributed by atoms with Gasteiger partial charge in [0.1, 0.15) is 6.04 Å². The first-order valence-corrected chi connectivity index (χ1v) is 14.9. The van der Waals surface area contributed by atoms with Gasteiger partial charge in [-0.2, -0.15) is 0 Å². The summed E-state index contributed by atoms with van der Waals surface area (Å²) < 4.78 is 4.29. The molecule has 0 aromatic heterocycles. The maximum atomic E-state index is 14.7. The molecule has 1 aromatic carbocycles. The molecule has 3 heterocycles. The lowest BCUT2D eigenvalue weighted by Gasteiger charge is -2.41. The van der Waals surface area contributed by atoms with Crippen molar-refractivity contribution in [2.75, 3.05) is 24.7 Å². The minimum absolute atomic E-state index is 0.0522. The summed E-state index contributed by atoms with van der Waals surface area (Å²) in [6.45, 7) is 13.7. The number of likely N-dealkylation sites (tertiary alicyclic amines) is 1. The van der Waals surface area contributed by atoms with E-state index in [2.05, 4.69) is 13.2 Å². The summed E-state index contributed by atoms with van der Waals surface area (Å²) in [4.78, 5) is 45.8. The van der Waals surface area contributed by atoms with Gasteiger partial charge >= 0.3 is 5.97 Å². The van der Waals surface area contributed by atoms with Crippen molar-refractivity contribution < 1.29 is 24.2 Å². The molecule has 0 radical (unpaired) electrons. The molecular formula is C30H39ClN2O5S. The summed E-state index contributed by atoms with van der Waals surface area (Å²) in [5, 5.41) is 11.1. The number of amides is 2. The van der Waals surface area contributed by atoms with Crippen molar-refractivity contribution in [2.24, 2.45) is 17.8 Å². The molecule has 2 amide bonds. The van der Waals surface area contributed by atoms with Crippen LogP contribution in [-0.4, -0.2) is 69.1 Å². The number of aliphatic hydroxyl groups excluding tert-OH is 1. The van der Waals surface area contributed by atoms with E-state index in [1.54, 1.807) is 58.0 Å². The monoisotopic (exact) mass is 574 g/mol. The lowest BCUT2D eigenvalue weighted by Crippen LogP contribution is -2.58. The molecule has 3 saturated heterocycles. The summed E-state index contributed by atoms with van der Waals surface area (Å²) >= 11 is 7.72. The number of carbonyl (C=O) groups excluding carboxylic acids is 3. The van der Waals surface area contributed by atoms with Crippen LogP contribution in [0.1, 0.15) is 46.5 Å². The van der Waals surface area contributed by atoms with Crippen LogP contribution in [0.25, 0.3) is 0 Å². The van der Waals surface area contributed by atoms with Crippen LogP contribution in [-0.2, 0) is 19.1 Å². The van der Waals surface area contributed by atoms with Crippen molar-refractivity contribution in [3.63, 3.8) is 0 Å². The molecule has 0 saturated carbocycles. The Kier molecular flexibility index (Phi) is 8.89. The first-order chi connectivity index (χ1) is 18.6. The Labute approximate surface area is 240 Å². The van der Waals surface area contributed by atoms with Gasteiger partial charge in [-0.3, -0.25) is 14.4 Å². The minimum Gasteiger partial charge on any atom is -0.465 e. The molecule has 2 unspecified atom stereocenters. The predicted molar refractivity (Wildman–Crippen MR) is 156 cm³/mol. The number of esters is 1. The summed E-state index contributed by atoms with van der Waals surface area (Å²) in [5.74, 6) is -2.32. The maximum absolute atomic E-state index is 14.7. The molecule has 3 fully saturated rings. The van der Waals surface area contributed by atoms with Gasteiger partial charge in [0.15, 0.2) is 0 Å². The molecule has 2 bridgehead atoms. The topological polar surface area (TPSA) is 87.1 Å². The van der Waals surface area contributed by atoms with Crippen LogP contribution < -0.4 is 4.90 Å². The number of rotatable bonds is 12. The van der Waals surface area contributed by atoms with Gasteiger partial charge in [0, 0.05) is 22.0 Å². The highest BCUT2D eigenvalue weighted by Crippen LogP contribution is 2.72. The summed E-state index contributed by atoms with van der Waals surface area (Å²) in [6.07, 6.45) is 5.90. The normalized spacial score (nSPS) is 30.5. The Morgan fingerprint density at radius 1 is 1.28 bits per heavy atom. The highest BCUT2D eigenvalue weighted by molar-refractivity contribution is 8.02. The number of halogens is 1. The maximum Gasteiger partial charge on any atom is 0.311 e. The van der Waals surface area contributed by atoms with Gasteiger partial charge in [-0.25, -0.2) is 0 Å². The van der Waals surface area contributed by atoms with Gasteiger partial charge in [-0.05, 0) is 56.4 Å². The fourth-order valence-corrected chi connectivity index (χ4v) is 9.18. The summed E-state index contributed by atoms with van der Waals surface area (Å²) in [6, 6.07) is 5.59. The molecule has 7 nitrogen and oxygen atoms in total. The van der Waals surface area contributed by atoms with Crippen LogP contribution in [0.2, 0.25) is 5.02 Å². The lowest BCUT2D eigenvalue weighted by molar-refractivity contribution is -0.156. The Morgan fingerprint density at radius 2 is 1.97 bits per heavy atom. The van der Waals surface area contributed by atoms with Gasteiger partial charge in [0.25, 0.3) is 5.91 Å². The number of carbonyl (C=O) groups is 3. The van der Waals surface area contributed by atoms with Crippen molar-refractivity contribution in [1.82, 2.24) is 4.90 Å². The molecular weight excluding hydrogens is 536 g/mol. The van der Waals surface area contributed by atoms with E-state index in [-0.39, 0.29) is 37.5 Å². The van der Waals surface area contributed by atoms with Crippen molar-refractivity contribution in [2.45, 2.75) is 68.0 Å².